The number of alkyl halides is 6. The molecule has 216 valence electrons. The number of amides is 3. The Hall–Kier alpha value is -3.61. The predicted molar refractivity (Wildman–Crippen MR) is 136 cm³/mol. The molecule has 7 nitrogen and oxygen atoms in total. The van der Waals surface area contributed by atoms with E-state index in [9.17, 15) is 40.7 Å². The van der Waals surface area contributed by atoms with Crippen molar-refractivity contribution in [3.05, 3.63) is 64.7 Å². The van der Waals surface area contributed by atoms with Crippen LogP contribution in [0, 0.1) is 11.8 Å². The standard InChI is InChI=1S/C26H25ClF6N4O3/c1-37-19-13-15(27)7-8-18(19)20(14-5-3-2-4-6-14)35-22(24(37)40)36-23(39)17(10-12-26(31,32)33)16(21(34)38)9-11-25(28,29)30/h2-8,13,16-17,22H,9-12H2,1H3,(H2,34,38)(H,36,39)/t16?,17?,22-/m1/s1. The van der Waals surface area contributed by atoms with Gasteiger partial charge in [-0.3, -0.25) is 14.4 Å². The summed E-state index contributed by atoms with van der Waals surface area (Å²) in [6, 6.07) is 13.1. The topological polar surface area (TPSA) is 105 Å². The Morgan fingerprint density at radius 2 is 1.57 bits per heavy atom. The number of nitrogens with zero attached hydrogens (tertiary/aromatic N) is 2. The predicted octanol–water partition coefficient (Wildman–Crippen LogP) is 5.00. The van der Waals surface area contributed by atoms with E-state index in [-0.39, 0.29) is 10.7 Å². The number of nitrogens with two attached hydrogens (primary N) is 1. The molecule has 0 radical (unpaired) electrons. The molecule has 0 saturated carbocycles. The minimum Gasteiger partial charge on any atom is -0.369 e. The zero-order chi connectivity index (χ0) is 29.8. The molecule has 0 bridgehead atoms. The molecule has 1 heterocycles. The van der Waals surface area contributed by atoms with Crippen molar-refractivity contribution >= 4 is 40.7 Å². The highest BCUT2D eigenvalue weighted by Gasteiger charge is 2.41. The van der Waals surface area contributed by atoms with Crippen molar-refractivity contribution in [2.24, 2.45) is 22.6 Å². The molecule has 1 aliphatic rings. The number of carbonyl (C=O) groups is 3. The second-order valence-electron chi connectivity index (χ2n) is 9.24. The molecule has 3 rings (SSSR count). The summed E-state index contributed by atoms with van der Waals surface area (Å²) in [6.07, 6.45) is -16.4. The highest BCUT2D eigenvalue weighted by atomic mass is 35.5. The van der Waals surface area contributed by atoms with Gasteiger partial charge in [0.1, 0.15) is 0 Å². The van der Waals surface area contributed by atoms with Gasteiger partial charge in [-0.15, -0.1) is 0 Å². The van der Waals surface area contributed by atoms with Crippen LogP contribution in [0.25, 0.3) is 0 Å². The number of likely N-dealkylation sites (N-methyl/N-ethyl adjacent to an activating group) is 1. The van der Waals surface area contributed by atoms with Crippen LogP contribution in [0.15, 0.2) is 53.5 Å². The van der Waals surface area contributed by atoms with Gasteiger partial charge in [0.2, 0.25) is 18.0 Å². The van der Waals surface area contributed by atoms with E-state index < -0.39 is 73.8 Å². The fourth-order valence-corrected chi connectivity index (χ4v) is 4.56. The lowest BCUT2D eigenvalue weighted by Gasteiger charge is -2.27. The zero-order valence-electron chi connectivity index (χ0n) is 21.0. The first-order valence-electron chi connectivity index (χ1n) is 12.0. The smallest absolute Gasteiger partial charge is 0.369 e. The van der Waals surface area contributed by atoms with Gasteiger partial charge in [-0.1, -0.05) is 41.9 Å². The van der Waals surface area contributed by atoms with Crippen molar-refractivity contribution in [3.63, 3.8) is 0 Å². The van der Waals surface area contributed by atoms with E-state index in [1.165, 1.54) is 13.1 Å². The van der Waals surface area contributed by atoms with Gasteiger partial charge in [-0.25, -0.2) is 4.99 Å². The van der Waals surface area contributed by atoms with Crippen LogP contribution in [0.5, 0.6) is 0 Å². The maximum absolute atomic E-state index is 13.4. The van der Waals surface area contributed by atoms with Crippen molar-refractivity contribution in [2.45, 2.75) is 44.2 Å². The van der Waals surface area contributed by atoms with Gasteiger partial charge in [-0.05, 0) is 31.0 Å². The molecule has 40 heavy (non-hydrogen) atoms. The van der Waals surface area contributed by atoms with Gasteiger partial charge < -0.3 is 16.0 Å². The molecule has 3 amide bonds. The van der Waals surface area contributed by atoms with E-state index in [1.54, 1.807) is 42.5 Å². The Kier molecular flexibility index (Phi) is 9.49. The van der Waals surface area contributed by atoms with E-state index in [0.29, 0.717) is 16.8 Å². The monoisotopic (exact) mass is 590 g/mol. The summed E-state index contributed by atoms with van der Waals surface area (Å²) in [4.78, 5) is 44.3. The maximum Gasteiger partial charge on any atom is 0.389 e. The number of hydrogen-bond donors (Lipinski definition) is 2. The van der Waals surface area contributed by atoms with Crippen LogP contribution in [0.4, 0.5) is 32.0 Å². The number of hydrogen-bond acceptors (Lipinski definition) is 4. The maximum atomic E-state index is 13.4. The van der Waals surface area contributed by atoms with Crippen LogP contribution in [0.3, 0.4) is 0 Å². The molecule has 3 atom stereocenters. The fraction of sp³-hybridized carbons (Fsp3) is 0.385. The van der Waals surface area contributed by atoms with Crippen LogP contribution < -0.4 is 16.0 Å². The van der Waals surface area contributed by atoms with Crippen LogP contribution in [0.1, 0.15) is 36.8 Å². The third-order valence-corrected chi connectivity index (χ3v) is 6.63. The van der Waals surface area contributed by atoms with E-state index in [2.05, 4.69) is 10.3 Å². The molecular weight excluding hydrogens is 566 g/mol. The molecule has 2 aromatic rings. The number of nitrogens with one attached hydrogen (secondary N) is 1. The number of aliphatic imine (C=N–C) groups is 1. The summed E-state index contributed by atoms with van der Waals surface area (Å²) in [5, 5.41) is 2.54. The first-order chi connectivity index (χ1) is 18.6. The first kappa shape index (κ1) is 30.9. The average molecular weight is 591 g/mol. The van der Waals surface area contributed by atoms with Crippen molar-refractivity contribution in [1.29, 1.82) is 0 Å². The Bertz CT molecular complexity index is 1280. The summed E-state index contributed by atoms with van der Waals surface area (Å²) in [7, 11) is 1.37. The minimum atomic E-state index is -4.78. The summed E-state index contributed by atoms with van der Waals surface area (Å²) in [5.74, 6) is -7.22. The van der Waals surface area contributed by atoms with Crippen molar-refractivity contribution in [2.75, 3.05) is 11.9 Å². The number of rotatable bonds is 9. The average Bonchev–Trinajstić information content (AvgIpc) is 2.95. The number of anilines is 1. The first-order valence-corrected chi connectivity index (χ1v) is 12.4. The number of fused-ring (bicyclic) bond motifs is 1. The lowest BCUT2D eigenvalue weighted by Crippen LogP contribution is -2.50. The van der Waals surface area contributed by atoms with Gasteiger partial charge in [0.25, 0.3) is 5.91 Å². The molecule has 0 aromatic heterocycles. The van der Waals surface area contributed by atoms with Gasteiger partial charge in [0.05, 0.1) is 11.4 Å². The van der Waals surface area contributed by atoms with Gasteiger partial charge >= 0.3 is 12.4 Å². The summed E-state index contributed by atoms with van der Waals surface area (Å²) < 4.78 is 77.8. The zero-order valence-corrected chi connectivity index (χ0v) is 21.8. The van der Waals surface area contributed by atoms with Crippen LogP contribution in [-0.4, -0.2) is 49.0 Å². The molecule has 0 saturated heterocycles. The Morgan fingerprint density at radius 3 is 2.12 bits per heavy atom. The second-order valence-corrected chi connectivity index (χ2v) is 9.67. The quantitative estimate of drug-likeness (QED) is 0.402. The molecule has 0 spiro atoms. The van der Waals surface area contributed by atoms with Crippen LogP contribution in [0.2, 0.25) is 5.02 Å². The number of benzene rings is 2. The molecule has 3 N–H and O–H groups in total. The Balaban J connectivity index is 2.03. The summed E-state index contributed by atoms with van der Waals surface area (Å²) in [5.41, 5.74) is 6.79. The highest BCUT2D eigenvalue weighted by molar-refractivity contribution is 6.31. The van der Waals surface area contributed by atoms with Crippen LogP contribution >= 0.6 is 11.6 Å². The Labute approximate surface area is 230 Å². The number of benzodiazepines with no additional fused rings is 1. The van der Waals surface area contributed by atoms with E-state index in [4.69, 9.17) is 17.3 Å². The van der Waals surface area contributed by atoms with Gasteiger partial charge in [0, 0.05) is 47.9 Å². The van der Waals surface area contributed by atoms with Crippen molar-refractivity contribution in [3.8, 4) is 0 Å². The molecule has 1 aliphatic heterocycles. The summed E-state index contributed by atoms with van der Waals surface area (Å²) in [6.45, 7) is 0. The number of halogens is 7. The SMILES string of the molecule is CN1C(=O)[C@@H](NC(=O)C(CCC(F)(F)F)C(CCC(F)(F)F)C(N)=O)N=C(c2ccccc2)c2ccc(Cl)cc21. The minimum absolute atomic E-state index is 0.241. The normalized spacial score (nSPS) is 17.4. The van der Waals surface area contributed by atoms with E-state index in [0.717, 1.165) is 4.90 Å². The van der Waals surface area contributed by atoms with Gasteiger partial charge in [-0.2, -0.15) is 26.3 Å². The molecule has 0 aliphatic carbocycles. The largest absolute Gasteiger partial charge is 0.389 e. The third kappa shape index (κ3) is 7.96. The lowest BCUT2D eigenvalue weighted by atomic mass is 9.83. The van der Waals surface area contributed by atoms with E-state index >= 15 is 0 Å². The third-order valence-electron chi connectivity index (χ3n) is 6.39. The number of carbonyl (C=O) groups excluding carboxylic acids is 3. The molecular formula is C26H25ClF6N4O3. The highest BCUT2D eigenvalue weighted by Crippen LogP contribution is 2.34. The molecule has 14 heteroatoms. The molecule has 2 unspecified atom stereocenters. The van der Waals surface area contributed by atoms with Gasteiger partial charge in [0.15, 0.2) is 0 Å². The van der Waals surface area contributed by atoms with Crippen LogP contribution in [-0.2, 0) is 14.4 Å². The second kappa shape index (κ2) is 12.3. The van der Waals surface area contributed by atoms with E-state index in [1.807, 2.05) is 0 Å². The van der Waals surface area contributed by atoms with Crippen molar-refractivity contribution in [1.82, 2.24) is 5.32 Å². The summed E-state index contributed by atoms with van der Waals surface area (Å²) >= 11 is 6.13. The molecule has 2 aromatic carbocycles. The number of primary amides is 1. The Morgan fingerprint density at radius 1 is 1.00 bits per heavy atom. The lowest BCUT2D eigenvalue weighted by molar-refractivity contribution is -0.152. The fourth-order valence-electron chi connectivity index (χ4n) is 4.40. The molecule has 0 fully saturated rings. The van der Waals surface area contributed by atoms with Crippen molar-refractivity contribution < 1.29 is 40.7 Å².